The first-order valence-electron chi connectivity index (χ1n) is 7.06. The van der Waals surface area contributed by atoms with Gasteiger partial charge in [0, 0.05) is 26.3 Å². The summed E-state index contributed by atoms with van der Waals surface area (Å²) in [6.45, 7) is 9.06. The van der Waals surface area contributed by atoms with Gasteiger partial charge in [0.1, 0.15) is 0 Å². The van der Waals surface area contributed by atoms with Crippen LogP contribution in [0.25, 0.3) is 0 Å². The molecule has 4 heteroatoms. The fourth-order valence-corrected chi connectivity index (χ4v) is 1.87. The summed E-state index contributed by atoms with van der Waals surface area (Å²) in [5, 5.41) is 3.53. The van der Waals surface area contributed by atoms with Crippen LogP contribution < -0.4 is 5.32 Å². The van der Waals surface area contributed by atoms with Crippen LogP contribution in [0.15, 0.2) is 0 Å². The Morgan fingerprint density at radius 1 is 1.00 bits per heavy atom. The van der Waals surface area contributed by atoms with Gasteiger partial charge in [-0.25, -0.2) is 0 Å². The summed E-state index contributed by atoms with van der Waals surface area (Å²) in [7, 11) is 1.68. The van der Waals surface area contributed by atoms with Crippen LogP contribution in [-0.4, -0.2) is 52.7 Å². The van der Waals surface area contributed by atoms with Crippen molar-refractivity contribution in [2.45, 2.75) is 39.2 Å². The molecule has 0 saturated heterocycles. The highest BCUT2D eigenvalue weighted by Crippen LogP contribution is 2.48. The van der Waals surface area contributed by atoms with E-state index in [0.717, 1.165) is 13.2 Å². The van der Waals surface area contributed by atoms with Crippen LogP contribution in [0.1, 0.15) is 33.1 Å². The second-order valence-corrected chi connectivity index (χ2v) is 5.50. The van der Waals surface area contributed by atoms with Gasteiger partial charge in [-0.15, -0.1) is 0 Å². The molecule has 4 nitrogen and oxygen atoms in total. The summed E-state index contributed by atoms with van der Waals surface area (Å²) < 4.78 is 15.8. The van der Waals surface area contributed by atoms with Gasteiger partial charge in [0.2, 0.25) is 0 Å². The van der Waals surface area contributed by atoms with E-state index in [9.17, 15) is 0 Å². The second-order valence-electron chi connectivity index (χ2n) is 5.50. The lowest BCUT2D eigenvalue weighted by molar-refractivity contribution is 0.0210. The largest absolute Gasteiger partial charge is 0.382 e. The van der Waals surface area contributed by atoms with E-state index >= 15 is 0 Å². The van der Waals surface area contributed by atoms with Gasteiger partial charge >= 0.3 is 0 Å². The quantitative estimate of drug-likeness (QED) is 0.543. The van der Waals surface area contributed by atoms with Crippen LogP contribution >= 0.6 is 0 Å². The SMILES string of the molecule is COCCOCCOCCC1(CNC(C)C)CC1. The van der Waals surface area contributed by atoms with Crippen LogP contribution in [0.3, 0.4) is 0 Å². The Bertz CT molecular complexity index is 205. The zero-order valence-electron chi connectivity index (χ0n) is 12.2. The lowest BCUT2D eigenvalue weighted by Crippen LogP contribution is -2.30. The predicted octanol–water partition coefficient (Wildman–Crippen LogP) is 1.83. The first-order chi connectivity index (χ1) is 8.68. The summed E-state index contributed by atoms with van der Waals surface area (Å²) in [5.41, 5.74) is 0.529. The normalized spacial score (nSPS) is 17.3. The molecule has 0 aliphatic heterocycles. The lowest BCUT2D eigenvalue weighted by Gasteiger charge is -2.18. The zero-order valence-corrected chi connectivity index (χ0v) is 12.2. The highest BCUT2D eigenvalue weighted by atomic mass is 16.5. The van der Waals surface area contributed by atoms with Crippen LogP contribution in [-0.2, 0) is 14.2 Å². The Hall–Kier alpha value is -0.160. The van der Waals surface area contributed by atoms with Gasteiger partial charge in [0.05, 0.1) is 26.4 Å². The minimum absolute atomic E-state index is 0.529. The summed E-state index contributed by atoms with van der Waals surface area (Å²) >= 11 is 0. The molecule has 0 amide bonds. The minimum Gasteiger partial charge on any atom is -0.382 e. The topological polar surface area (TPSA) is 39.7 Å². The van der Waals surface area contributed by atoms with Crippen LogP contribution in [0.5, 0.6) is 0 Å². The second kappa shape index (κ2) is 8.86. The summed E-state index contributed by atoms with van der Waals surface area (Å²) in [6.07, 6.45) is 3.87. The standard InChI is InChI=1S/C14H29NO3/c1-13(2)15-12-14(4-5-14)6-7-17-10-11-18-9-8-16-3/h13,15H,4-12H2,1-3H3. The van der Waals surface area contributed by atoms with Crippen LogP contribution in [0.2, 0.25) is 0 Å². The van der Waals surface area contributed by atoms with Crippen molar-refractivity contribution in [2.24, 2.45) is 5.41 Å². The maximum atomic E-state index is 5.60. The summed E-state index contributed by atoms with van der Waals surface area (Å²) in [5.74, 6) is 0. The number of hydrogen-bond donors (Lipinski definition) is 1. The molecule has 1 aliphatic rings. The number of methoxy groups -OCH3 is 1. The first kappa shape index (κ1) is 15.9. The fraction of sp³-hybridized carbons (Fsp3) is 1.00. The molecule has 0 bridgehead atoms. The maximum absolute atomic E-state index is 5.60. The van der Waals surface area contributed by atoms with E-state index < -0.39 is 0 Å². The molecular weight excluding hydrogens is 230 g/mol. The van der Waals surface area contributed by atoms with E-state index in [4.69, 9.17) is 14.2 Å². The molecule has 0 spiro atoms. The third-order valence-electron chi connectivity index (χ3n) is 3.42. The van der Waals surface area contributed by atoms with Gasteiger partial charge in [-0.1, -0.05) is 13.8 Å². The minimum atomic E-state index is 0.529. The van der Waals surface area contributed by atoms with E-state index in [2.05, 4.69) is 19.2 Å². The zero-order chi connectivity index (χ0) is 13.3. The van der Waals surface area contributed by atoms with Gasteiger partial charge in [-0.3, -0.25) is 0 Å². The molecule has 0 aromatic rings. The molecule has 1 rings (SSSR count). The van der Waals surface area contributed by atoms with Crippen molar-refractivity contribution >= 4 is 0 Å². The highest BCUT2D eigenvalue weighted by Gasteiger charge is 2.41. The van der Waals surface area contributed by atoms with E-state index in [-0.39, 0.29) is 0 Å². The van der Waals surface area contributed by atoms with Crippen LogP contribution in [0, 0.1) is 5.41 Å². The van der Waals surface area contributed by atoms with Crippen molar-refractivity contribution < 1.29 is 14.2 Å². The van der Waals surface area contributed by atoms with Crippen molar-refractivity contribution in [2.75, 3.05) is 46.7 Å². The van der Waals surface area contributed by atoms with Crippen molar-refractivity contribution in [3.8, 4) is 0 Å². The third-order valence-corrected chi connectivity index (χ3v) is 3.42. The van der Waals surface area contributed by atoms with Crippen molar-refractivity contribution in [3.63, 3.8) is 0 Å². The maximum Gasteiger partial charge on any atom is 0.0701 e. The Morgan fingerprint density at radius 3 is 2.17 bits per heavy atom. The third kappa shape index (κ3) is 7.31. The molecule has 0 radical (unpaired) electrons. The van der Waals surface area contributed by atoms with Gasteiger partial charge in [-0.2, -0.15) is 0 Å². The molecule has 1 aliphatic carbocycles. The lowest BCUT2D eigenvalue weighted by atomic mass is 10.0. The Kier molecular flexibility index (Phi) is 7.82. The average Bonchev–Trinajstić information content (AvgIpc) is 3.11. The van der Waals surface area contributed by atoms with Gasteiger partial charge < -0.3 is 19.5 Å². The molecule has 0 unspecified atom stereocenters. The molecule has 0 aromatic heterocycles. The number of nitrogens with one attached hydrogen (secondary N) is 1. The highest BCUT2D eigenvalue weighted by molar-refractivity contribution is 4.94. The predicted molar refractivity (Wildman–Crippen MR) is 72.9 cm³/mol. The van der Waals surface area contributed by atoms with Crippen molar-refractivity contribution in [1.29, 1.82) is 0 Å². The van der Waals surface area contributed by atoms with Gasteiger partial charge in [0.25, 0.3) is 0 Å². The molecule has 1 N–H and O–H groups in total. The van der Waals surface area contributed by atoms with Crippen molar-refractivity contribution in [3.05, 3.63) is 0 Å². The molecule has 1 fully saturated rings. The van der Waals surface area contributed by atoms with E-state index in [1.165, 1.54) is 19.3 Å². The van der Waals surface area contributed by atoms with Gasteiger partial charge in [0.15, 0.2) is 0 Å². The monoisotopic (exact) mass is 259 g/mol. The summed E-state index contributed by atoms with van der Waals surface area (Å²) in [4.78, 5) is 0. The molecule has 0 atom stereocenters. The molecule has 0 heterocycles. The Morgan fingerprint density at radius 2 is 1.61 bits per heavy atom. The Labute approximate surface area is 111 Å². The molecular formula is C14H29NO3. The number of rotatable bonds is 12. The van der Waals surface area contributed by atoms with E-state index in [1.807, 2.05) is 0 Å². The Balaban J connectivity index is 1.88. The van der Waals surface area contributed by atoms with Crippen LogP contribution in [0.4, 0.5) is 0 Å². The van der Waals surface area contributed by atoms with Crippen molar-refractivity contribution in [1.82, 2.24) is 5.32 Å². The van der Waals surface area contributed by atoms with E-state index in [1.54, 1.807) is 7.11 Å². The fourth-order valence-electron chi connectivity index (χ4n) is 1.87. The smallest absolute Gasteiger partial charge is 0.0701 e. The number of ether oxygens (including phenoxy) is 3. The van der Waals surface area contributed by atoms with E-state index in [0.29, 0.717) is 37.9 Å². The molecule has 0 aromatic carbocycles. The molecule has 1 saturated carbocycles. The molecule has 108 valence electrons. The average molecular weight is 259 g/mol. The summed E-state index contributed by atoms with van der Waals surface area (Å²) in [6, 6.07) is 0.581. The van der Waals surface area contributed by atoms with Gasteiger partial charge in [-0.05, 0) is 24.7 Å². The number of hydrogen-bond acceptors (Lipinski definition) is 4. The first-order valence-corrected chi connectivity index (χ1v) is 7.06. The molecule has 18 heavy (non-hydrogen) atoms.